The van der Waals surface area contributed by atoms with E-state index in [0.29, 0.717) is 5.92 Å². The summed E-state index contributed by atoms with van der Waals surface area (Å²) in [6.45, 7) is 8.10. The Morgan fingerprint density at radius 2 is 2.25 bits per heavy atom. The Balaban J connectivity index is 2.20. The fraction of sp³-hybridized carbons (Fsp3) is 0.267. The van der Waals surface area contributed by atoms with Gasteiger partial charge in [-0.3, -0.25) is 4.98 Å². The van der Waals surface area contributed by atoms with Gasteiger partial charge in [-0.1, -0.05) is 36.4 Å². The lowest BCUT2D eigenvalue weighted by Gasteiger charge is -2.15. The minimum absolute atomic E-state index is 0.494. The van der Waals surface area contributed by atoms with Crippen molar-refractivity contribution in [2.45, 2.75) is 20.3 Å². The molecule has 0 bridgehead atoms. The minimum atomic E-state index is 0.494. The second-order valence-corrected chi connectivity index (χ2v) is 4.37. The maximum Gasteiger partial charge on any atom is 0.0701 e. The third kappa shape index (κ3) is 2.30. The number of rotatable bonds is 2. The zero-order valence-electron chi connectivity index (χ0n) is 9.90. The van der Waals surface area contributed by atoms with Crippen LogP contribution in [-0.4, -0.2) is 4.98 Å². The largest absolute Gasteiger partial charge is 0.253 e. The topological polar surface area (TPSA) is 12.9 Å². The third-order valence-corrected chi connectivity index (χ3v) is 2.92. The van der Waals surface area contributed by atoms with Gasteiger partial charge in [-0.2, -0.15) is 0 Å². The molecule has 0 spiro atoms. The molecule has 1 unspecified atom stereocenters. The lowest BCUT2D eigenvalue weighted by atomic mass is 9.90. The van der Waals surface area contributed by atoms with E-state index >= 15 is 0 Å². The fourth-order valence-corrected chi connectivity index (χ4v) is 1.88. The van der Waals surface area contributed by atoms with Gasteiger partial charge < -0.3 is 0 Å². The Hall–Kier alpha value is -1.63. The summed E-state index contributed by atoms with van der Waals surface area (Å²) in [7, 11) is 0. The molecule has 0 radical (unpaired) electrons. The number of aromatic nitrogens is 1. The molecule has 1 heterocycles. The molecule has 0 aliphatic heterocycles. The van der Waals surface area contributed by atoms with Crippen LogP contribution in [0.1, 0.15) is 24.7 Å². The predicted octanol–water partition coefficient (Wildman–Crippen LogP) is 3.93. The summed E-state index contributed by atoms with van der Waals surface area (Å²) in [5.41, 5.74) is 4.58. The van der Waals surface area contributed by atoms with Crippen LogP contribution in [0, 0.1) is 12.8 Å². The SMILES string of the molecule is C=C(C)C1C=CC(c2cccc(C)n2)=CC1. The molecule has 0 saturated carbocycles. The van der Waals surface area contributed by atoms with Gasteiger partial charge in [0, 0.05) is 11.6 Å². The second kappa shape index (κ2) is 4.48. The molecule has 1 aliphatic rings. The first-order valence-corrected chi connectivity index (χ1v) is 5.64. The maximum atomic E-state index is 4.52. The molecule has 0 amide bonds. The van der Waals surface area contributed by atoms with Crippen molar-refractivity contribution in [3.05, 3.63) is 60.0 Å². The van der Waals surface area contributed by atoms with Crippen LogP contribution in [0.15, 0.2) is 48.6 Å². The van der Waals surface area contributed by atoms with Crippen LogP contribution in [0.5, 0.6) is 0 Å². The van der Waals surface area contributed by atoms with Crippen LogP contribution >= 0.6 is 0 Å². The monoisotopic (exact) mass is 211 g/mol. The van der Waals surface area contributed by atoms with Crippen LogP contribution in [0.3, 0.4) is 0 Å². The van der Waals surface area contributed by atoms with Crippen molar-refractivity contribution in [3.63, 3.8) is 0 Å². The van der Waals surface area contributed by atoms with Crippen molar-refractivity contribution in [1.82, 2.24) is 4.98 Å². The Morgan fingerprint density at radius 3 is 2.81 bits per heavy atom. The van der Waals surface area contributed by atoms with Crippen molar-refractivity contribution in [3.8, 4) is 0 Å². The highest BCUT2D eigenvalue weighted by Gasteiger charge is 2.10. The standard InChI is InChI=1S/C15H17N/c1-11(2)13-7-9-14(10-8-13)15-6-4-5-12(3)16-15/h4-7,9-10,13H,1,8H2,2-3H3. The highest BCUT2D eigenvalue weighted by molar-refractivity contribution is 5.72. The molecular formula is C15H17N. The number of allylic oxidation sites excluding steroid dienone is 5. The summed E-state index contributed by atoms with van der Waals surface area (Å²) in [5.74, 6) is 0.494. The zero-order chi connectivity index (χ0) is 11.5. The zero-order valence-corrected chi connectivity index (χ0v) is 9.90. The highest BCUT2D eigenvalue weighted by atomic mass is 14.7. The maximum absolute atomic E-state index is 4.52. The van der Waals surface area contributed by atoms with Crippen molar-refractivity contribution >= 4 is 5.57 Å². The van der Waals surface area contributed by atoms with E-state index < -0.39 is 0 Å². The molecule has 16 heavy (non-hydrogen) atoms. The molecule has 1 nitrogen and oxygen atoms in total. The molecule has 1 aromatic heterocycles. The van der Waals surface area contributed by atoms with E-state index in [-0.39, 0.29) is 0 Å². The third-order valence-electron chi connectivity index (χ3n) is 2.92. The van der Waals surface area contributed by atoms with Gasteiger partial charge in [0.05, 0.1) is 5.69 Å². The van der Waals surface area contributed by atoms with Gasteiger partial charge in [-0.05, 0) is 38.0 Å². The molecule has 0 N–H and O–H groups in total. The fourth-order valence-electron chi connectivity index (χ4n) is 1.88. The van der Waals surface area contributed by atoms with Gasteiger partial charge in [0.25, 0.3) is 0 Å². The molecule has 1 atom stereocenters. The van der Waals surface area contributed by atoms with Gasteiger partial charge in [-0.15, -0.1) is 0 Å². The van der Waals surface area contributed by atoms with Crippen molar-refractivity contribution in [2.75, 3.05) is 0 Å². The van der Waals surface area contributed by atoms with E-state index in [1.165, 1.54) is 11.1 Å². The summed E-state index contributed by atoms with van der Waals surface area (Å²) in [6.07, 6.45) is 7.67. The van der Waals surface area contributed by atoms with Crippen LogP contribution in [0.4, 0.5) is 0 Å². The summed E-state index contributed by atoms with van der Waals surface area (Å²) in [6, 6.07) is 6.13. The van der Waals surface area contributed by atoms with Crippen LogP contribution in [0.25, 0.3) is 5.57 Å². The van der Waals surface area contributed by atoms with Crippen molar-refractivity contribution in [1.29, 1.82) is 0 Å². The Bertz CT molecular complexity index is 466. The molecule has 1 aromatic rings. The van der Waals surface area contributed by atoms with Crippen molar-refractivity contribution < 1.29 is 0 Å². The average molecular weight is 211 g/mol. The number of nitrogens with zero attached hydrogens (tertiary/aromatic N) is 1. The van der Waals surface area contributed by atoms with Gasteiger partial charge >= 0.3 is 0 Å². The van der Waals surface area contributed by atoms with E-state index in [4.69, 9.17) is 0 Å². The van der Waals surface area contributed by atoms with E-state index in [9.17, 15) is 0 Å². The van der Waals surface area contributed by atoms with E-state index in [1.807, 2.05) is 13.0 Å². The number of pyridine rings is 1. The summed E-state index contributed by atoms with van der Waals surface area (Å²) >= 11 is 0. The number of hydrogen-bond donors (Lipinski definition) is 0. The molecule has 2 rings (SSSR count). The van der Waals surface area contributed by atoms with E-state index in [0.717, 1.165) is 17.8 Å². The first kappa shape index (κ1) is 10.9. The van der Waals surface area contributed by atoms with Gasteiger partial charge in [0.2, 0.25) is 0 Å². The van der Waals surface area contributed by atoms with E-state index in [2.05, 4.69) is 48.8 Å². The molecule has 1 heteroatoms. The van der Waals surface area contributed by atoms with Gasteiger partial charge in [0.15, 0.2) is 0 Å². The lowest BCUT2D eigenvalue weighted by Crippen LogP contribution is -2.01. The molecule has 0 saturated heterocycles. The summed E-state index contributed by atoms with van der Waals surface area (Å²) in [4.78, 5) is 4.52. The molecule has 0 fully saturated rings. The summed E-state index contributed by atoms with van der Waals surface area (Å²) in [5, 5.41) is 0. The Kier molecular flexibility index (Phi) is 3.04. The summed E-state index contributed by atoms with van der Waals surface area (Å²) < 4.78 is 0. The smallest absolute Gasteiger partial charge is 0.0701 e. The molecule has 82 valence electrons. The Morgan fingerprint density at radius 1 is 1.44 bits per heavy atom. The van der Waals surface area contributed by atoms with Gasteiger partial charge in [0.1, 0.15) is 0 Å². The van der Waals surface area contributed by atoms with Crippen molar-refractivity contribution in [2.24, 2.45) is 5.92 Å². The molecule has 1 aliphatic carbocycles. The first-order valence-electron chi connectivity index (χ1n) is 5.64. The first-order chi connectivity index (χ1) is 7.66. The van der Waals surface area contributed by atoms with Gasteiger partial charge in [-0.25, -0.2) is 0 Å². The molecule has 0 aromatic carbocycles. The van der Waals surface area contributed by atoms with Crippen LogP contribution in [-0.2, 0) is 0 Å². The highest BCUT2D eigenvalue weighted by Crippen LogP contribution is 2.26. The second-order valence-electron chi connectivity index (χ2n) is 4.37. The minimum Gasteiger partial charge on any atom is -0.253 e. The Labute approximate surface area is 97.2 Å². The van der Waals surface area contributed by atoms with Crippen LogP contribution in [0.2, 0.25) is 0 Å². The number of aryl methyl sites for hydroxylation is 1. The van der Waals surface area contributed by atoms with E-state index in [1.54, 1.807) is 0 Å². The lowest BCUT2D eigenvalue weighted by molar-refractivity contribution is 0.772. The quantitative estimate of drug-likeness (QED) is 0.675. The van der Waals surface area contributed by atoms with Crippen LogP contribution < -0.4 is 0 Å². The average Bonchev–Trinajstić information content (AvgIpc) is 2.29. The normalized spacial score (nSPS) is 19.4. The molecular weight excluding hydrogens is 194 g/mol. The predicted molar refractivity (Wildman–Crippen MR) is 69.0 cm³/mol. The number of hydrogen-bond acceptors (Lipinski definition) is 1.